The van der Waals surface area contributed by atoms with Gasteiger partial charge in [-0.2, -0.15) is 13.2 Å². The Morgan fingerprint density at radius 1 is 1.03 bits per heavy atom. The number of carbonyl (C=O) groups excluding carboxylic acids is 3. The average Bonchev–Trinajstić information content (AvgIpc) is 2.78. The molecule has 0 aromatic heterocycles. The lowest BCUT2D eigenvalue weighted by Crippen LogP contribution is -2.40. The van der Waals surface area contributed by atoms with E-state index in [4.69, 9.17) is 16.3 Å². The molecule has 180 valence electrons. The number of hydrogen-bond donors (Lipinski definition) is 1. The van der Waals surface area contributed by atoms with E-state index in [2.05, 4.69) is 5.32 Å². The Morgan fingerprint density at radius 3 is 2.29 bits per heavy atom. The zero-order valence-electron chi connectivity index (χ0n) is 18.1. The second-order valence-corrected chi connectivity index (χ2v) is 9.21. The molecule has 0 aliphatic heterocycles. The molecule has 0 spiro atoms. The molecule has 0 heterocycles. The van der Waals surface area contributed by atoms with E-state index in [1.165, 1.54) is 0 Å². The van der Waals surface area contributed by atoms with E-state index >= 15 is 0 Å². The number of hydrogen-bond acceptors (Lipinski definition) is 4. The van der Waals surface area contributed by atoms with Gasteiger partial charge in [0, 0.05) is 17.4 Å². The SMILES string of the molecule is O=C(O[C@H](C(=O)Nc1cc(C(F)(F)F)ccc1Cl)c1ccccc1)C1C[C@H]2CCC[C@@H](C1)C2=O. The summed E-state index contributed by atoms with van der Waals surface area (Å²) in [6, 6.07) is 10.8. The molecule has 4 rings (SSSR count). The van der Waals surface area contributed by atoms with Crippen molar-refractivity contribution in [3.63, 3.8) is 0 Å². The van der Waals surface area contributed by atoms with Crippen molar-refractivity contribution in [3.05, 3.63) is 64.7 Å². The summed E-state index contributed by atoms with van der Waals surface area (Å²) in [7, 11) is 0. The molecule has 0 radical (unpaired) electrons. The number of anilines is 1. The number of fused-ring (bicyclic) bond motifs is 2. The Hall–Kier alpha value is -2.87. The van der Waals surface area contributed by atoms with Crippen molar-refractivity contribution in [1.29, 1.82) is 0 Å². The van der Waals surface area contributed by atoms with Crippen molar-refractivity contribution < 1.29 is 32.3 Å². The van der Waals surface area contributed by atoms with Crippen molar-refractivity contribution in [2.45, 2.75) is 44.4 Å². The van der Waals surface area contributed by atoms with Crippen molar-refractivity contribution in [2.24, 2.45) is 17.8 Å². The Bertz CT molecular complexity index is 1070. The van der Waals surface area contributed by atoms with Crippen molar-refractivity contribution >= 4 is 34.9 Å². The van der Waals surface area contributed by atoms with Crippen LogP contribution >= 0.6 is 11.6 Å². The van der Waals surface area contributed by atoms with Crippen LogP contribution in [0, 0.1) is 17.8 Å². The molecule has 2 aliphatic carbocycles. The van der Waals surface area contributed by atoms with Crippen molar-refractivity contribution in [3.8, 4) is 0 Å². The van der Waals surface area contributed by atoms with Gasteiger partial charge in [0.25, 0.3) is 5.91 Å². The molecular weight excluding hydrogens is 471 g/mol. The predicted molar refractivity (Wildman–Crippen MR) is 119 cm³/mol. The minimum Gasteiger partial charge on any atom is -0.447 e. The number of ketones is 1. The van der Waals surface area contributed by atoms with E-state index < -0.39 is 35.6 Å². The summed E-state index contributed by atoms with van der Waals surface area (Å²) in [5.41, 5.74) is -0.848. The van der Waals surface area contributed by atoms with E-state index in [0.29, 0.717) is 18.4 Å². The molecule has 9 heteroatoms. The van der Waals surface area contributed by atoms with Gasteiger partial charge in [-0.15, -0.1) is 0 Å². The first kappa shape index (κ1) is 24.3. The highest BCUT2D eigenvalue weighted by atomic mass is 35.5. The van der Waals surface area contributed by atoms with Crippen LogP contribution in [0.1, 0.15) is 49.3 Å². The van der Waals surface area contributed by atoms with Crippen LogP contribution < -0.4 is 5.32 Å². The fraction of sp³-hybridized carbons (Fsp3) is 0.400. The topological polar surface area (TPSA) is 72.5 Å². The molecular formula is C25H23ClF3NO4. The first-order valence-electron chi connectivity index (χ1n) is 11.1. The summed E-state index contributed by atoms with van der Waals surface area (Å²) >= 11 is 6.01. The van der Waals surface area contributed by atoms with Crippen LogP contribution in [0.5, 0.6) is 0 Å². The minimum absolute atomic E-state index is 0.0851. The standard InChI is InChI=1S/C25H23ClF3NO4/c26-19-10-9-18(25(27,28)29)13-20(19)30-23(32)22(14-5-2-1-3-6-14)34-24(33)17-11-15-7-4-8-16(12-17)21(15)31/h1-3,5-6,9-10,13,15-17,22H,4,7-8,11-12H2,(H,30,32)/t15-,16+,17?,22-/m0/s1. The van der Waals surface area contributed by atoms with E-state index in [1.807, 2.05) is 0 Å². The number of nitrogens with one attached hydrogen (secondary N) is 1. The molecule has 2 saturated carbocycles. The molecule has 2 aromatic carbocycles. The Morgan fingerprint density at radius 2 is 1.68 bits per heavy atom. The van der Waals surface area contributed by atoms with Crippen LogP contribution in [0.3, 0.4) is 0 Å². The first-order valence-corrected chi connectivity index (χ1v) is 11.5. The Balaban J connectivity index is 1.55. The van der Waals surface area contributed by atoms with Crippen LogP contribution in [0.4, 0.5) is 18.9 Å². The lowest BCUT2D eigenvalue weighted by atomic mass is 9.67. The number of rotatable bonds is 5. The summed E-state index contributed by atoms with van der Waals surface area (Å²) in [5.74, 6) is -2.07. The Labute approximate surface area is 199 Å². The number of amides is 1. The summed E-state index contributed by atoms with van der Waals surface area (Å²) in [5, 5.41) is 2.29. The van der Waals surface area contributed by atoms with Gasteiger partial charge in [-0.25, -0.2) is 0 Å². The number of benzene rings is 2. The highest BCUT2D eigenvalue weighted by Gasteiger charge is 2.43. The third-order valence-corrected chi connectivity index (χ3v) is 6.84. The molecule has 0 saturated heterocycles. The van der Waals surface area contributed by atoms with Crippen molar-refractivity contribution in [2.75, 3.05) is 5.32 Å². The summed E-state index contributed by atoms with van der Waals surface area (Å²) in [4.78, 5) is 38.5. The average molecular weight is 494 g/mol. The number of alkyl halides is 3. The van der Waals surface area contributed by atoms with E-state index in [-0.39, 0.29) is 28.3 Å². The lowest BCUT2D eigenvalue weighted by Gasteiger charge is -2.36. The van der Waals surface area contributed by atoms with Crippen LogP contribution in [0.15, 0.2) is 48.5 Å². The lowest BCUT2D eigenvalue weighted by molar-refractivity contribution is -0.162. The predicted octanol–water partition coefficient (Wildman–Crippen LogP) is 5.98. The molecule has 4 atom stereocenters. The fourth-order valence-corrected chi connectivity index (χ4v) is 4.95. The highest BCUT2D eigenvalue weighted by molar-refractivity contribution is 6.33. The van der Waals surface area contributed by atoms with Crippen LogP contribution in [-0.2, 0) is 25.3 Å². The van der Waals surface area contributed by atoms with Gasteiger partial charge >= 0.3 is 12.1 Å². The third-order valence-electron chi connectivity index (χ3n) is 6.51. The molecule has 2 fully saturated rings. The van der Waals surface area contributed by atoms with Crippen LogP contribution in [-0.4, -0.2) is 17.7 Å². The van der Waals surface area contributed by atoms with Crippen LogP contribution in [0.25, 0.3) is 0 Å². The van der Waals surface area contributed by atoms with Gasteiger partial charge in [0.2, 0.25) is 6.10 Å². The second-order valence-electron chi connectivity index (χ2n) is 8.80. The van der Waals surface area contributed by atoms with E-state index in [9.17, 15) is 27.6 Å². The smallest absolute Gasteiger partial charge is 0.416 e. The molecule has 1 unspecified atom stereocenters. The normalized spacial score (nSPS) is 23.2. The second kappa shape index (κ2) is 9.78. The van der Waals surface area contributed by atoms with Gasteiger partial charge in [0.15, 0.2) is 0 Å². The number of halogens is 4. The fourth-order valence-electron chi connectivity index (χ4n) is 4.78. The van der Waals surface area contributed by atoms with Gasteiger partial charge in [0.1, 0.15) is 5.78 Å². The highest BCUT2D eigenvalue weighted by Crippen LogP contribution is 2.41. The van der Waals surface area contributed by atoms with Crippen LogP contribution in [0.2, 0.25) is 5.02 Å². The molecule has 1 amide bonds. The first-order chi connectivity index (χ1) is 16.1. The Kier molecular flexibility index (Phi) is 6.98. The van der Waals surface area contributed by atoms with Crippen molar-refractivity contribution in [1.82, 2.24) is 0 Å². The van der Waals surface area contributed by atoms with Gasteiger partial charge < -0.3 is 10.1 Å². The molecule has 2 bridgehead atoms. The molecule has 2 aliphatic rings. The number of Topliss-reactive ketones (excluding diaryl/α,β-unsaturated/α-hetero) is 1. The van der Waals surface area contributed by atoms with Gasteiger partial charge in [-0.3, -0.25) is 14.4 Å². The summed E-state index contributed by atoms with van der Waals surface area (Å²) in [6.45, 7) is 0. The molecule has 1 N–H and O–H groups in total. The molecule has 34 heavy (non-hydrogen) atoms. The monoisotopic (exact) mass is 493 g/mol. The van der Waals surface area contributed by atoms with E-state index in [1.54, 1.807) is 30.3 Å². The number of ether oxygens (including phenoxy) is 1. The zero-order valence-corrected chi connectivity index (χ0v) is 18.9. The largest absolute Gasteiger partial charge is 0.447 e. The van der Waals surface area contributed by atoms with Gasteiger partial charge in [-0.1, -0.05) is 48.4 Å². The zero-order chi connectivity index (χ0) is 24.5. The maximum absolute atomic E-state index is 13.1. The van der Waals surface area contributed by atoms with E-state index in [0.717, 1.165) is 37.5 Å². The molecule has 2 aromatic rings. The maximum atomic E-state index is 13.1. The number of esters is 1. The molecule has 5 nitrogen and oxygen atoms in total. The number of carbonyl (C=O) groups is 3. The van der Waals surface area contributed by atoms with Gasteiger partial charge in [-0.05, 0) is 43.9 Å². The quantitative estimate of drug-likeness (QED) is 0.520. The minimum atomic E-state index is -4.62. The summed E-state index contributed by atoms with van der Waals surface area (Å²) in [6.07, 6.45) is -2.79. The summed E-state index contributed by atoms with van der Waals surface area (Å²) < 4.78 is 45.0. The van der Waals surface area contributed by atoms with Gasteiger partial charge in [0.05, 0.1) is 22.2 Å². The maximum Gasteiger partial charge on any atom is 0.416 e. The third kappa shape index (κ3) is 5.27.